The van der Waals surface area contributed by atoms with Gasteiger partial charge in [0.15, 0.2) is 0 Å². The van der Waals surface area contributed by atoms with E-state index in [0.717, 1.165) is 11.8 Å². The van der Waals surface area contributed by atoms with Crippen molar-refractivity contribution in [3.63, 3.8) is 0 Å². The van der Waals surface area contributed by atoms with Crippen molar-refractivity contribution in [3.8, 4) is 0 Å². The maximum absolute atomic E-state index is 3.49. The molecule has 3 heteroatoms. The van der Waals surface area contributed by atoms with Gasteiger partial charge in [0, 0.05) is 45.8 Å². The van der Waals surface area contributed by atoms with Gasteiger partial charge in [-0.2, -0.15) is 0 Å². The van der Waals surface area contributed by atoms with Crippen LogP contribution in [0.1, 0.15) is 46.5 Å². The fraction of sp³-hybridized carbons (Fsp3) is 1.00. The first-order valence-electron chi connectivity index (χ1n) is 9.12. The molecule has 0 spiro atoms. The maximum Gasteiger partial charge on any atom is 0.0110 e. The summed E-state index contributed by atoms with van der Waals surface area (Å²) in [7, 11) is 2.13. The molecule has 0 bridgehead atoms. The Hall–Kier alpha value is -0.120. The minimum absolute atomic E-state index is 0.534. The average Bonchev–Trinajstić information content (AvgIpc) is 2.40. The number of hydrogen-bond donors (Lipinski definition) is 1. The van der Waals surface area contributed by atoms with Crippen LogP contribution in [0.15, 0.2) is 0 Å². The summed E-state index contributed by atoms with van der Waals surface area (Å²) in [5.74, 6) is 1.71. The molecule has 2 rings (SSSR count). The van der Waals surface area contributed by atoms with Gasteiger partial charge in [0.2, 0.25) is 0 Å². The third-order valence-corrected chi connectivity index (χ3v) is 5.38. The van der Waals surface area contributed by atoms with Gasteiger partial charge in [0.1, 0.15) is 0 Å². The normalized spacial score (nSPS) is 32.7. The number of nitrogens with one attached hydrogen (secondary N) is 1. The van der Waals surface area contributed by atoms with Crippen LogP contribution in [0.2, 0.25) is 0 Å². The van der Waals surface area contributed by atoms with Crippen LogP contribution in [0.5, 0.6) is 0 Å². The van der Waals surface area contributed by atoms with Crippen LogP contribution in [-0.4, -0.2) is 62.7 Å². The second-order valence-electron chi connectivity index (χ2n) is 8.20. The smallest absolute Gasteiger partial charge is 0.0110 e. The average molecular weight is 296 g/mol. The van der Waals surface area contributed by atoms with E-state index in [1.165, 1.54) is 71.5 Å². The SMILES string of the molecule is CNCC1(CN2CCN(CC(C)C)CC2)CCCC(C)C1. The van der Waals surface area contributed by atoms with E-state index in [0.29, 0.717) is 5.41 Å². The standard InChI is InChI=1S/C18H37N3/c1-16(2)13-20-8-10-21(11-9-20)15-18(14-19-4)7-5-6-17(3)12-18/h16-17,19H,5-15H2,1-4H3. The largest absolute Gasteiger partial charge is 0.319 e. The summed E-state index contributed by atoms with van der Waals surface area (Å²) in [6, 6.07) is 0. The van der Waals surface area contributed by atoms with Gasteiger partial charge in [-0.05, 0) is 37.1 Å². The lowest BCUT2D eigenvalue weighted by Crippen LogP contribution is -2.53. The van der Waals surface area contributed by atoms with Crippen molar-refractivity contribution < 1.29 is 0 Å². The van der Waals surface area contributed by atoms with Crippen molar-refractivity contribution in [2.45, 2.75) is 46.5 Å². The first kappa shape index (κ1) is 17.2. The lowest BCUT2D eigenvalue weighted by atomic mass is 9.69. The Bertz CT molecular complexity index is 293. The van der Waals surface area contributed by atoms with Gasteiger partial charge in [-0.25, -0.2) is 0 Å². The zero-order valence-corrected chi connectivity index (χ0v) is 14.8. The molecular formula is C18H37N3. The van der Waals surface area contributed by atoms with Crippen molar-refractivity contribution in [3.05, 3.63) is 0 Å². The first-order valence-corrected chi connectivity index (χ1v) is 9.12. The quantitative estimate of drug-likeness (QED) is 0.813. The van der Waals surface area contributed by atoms with E-state index in [4.69, 9.17) is 0 Å². The van der Waals surface area contributed by atoms with Crippen LogP contribution in [-0.2, 0) is 0 Å². The summed E-state index contributed by atoms with van der Waals surface area (Å²) in [4.78, 5) is 5.39. The molecule has 1 heterocycles. The second-order valence-corrected chi connectivity index (χ2v) is 8.20. The summed E-state index contributed by atoms with van der Waals surface area (Å²) in [5, 5.41) is 3.49. The van der Waals surface area contributed by atoms with Crippen molar-refractivity contribution >= 4 is 0 Å². The van der Waals surface area contributed by atoms with Crippen LogP contribution in [0.25, 0.3) is 0 Å². The molecule has 124 valence electrons. The van der Waals surface area contributed by atoms with Gasteiger partial charge in [0.05, 0.1) is 0 Å². The maximum atomic E-state index is 3.49. The fourth-order valence-electron chi connectivity index (χ4n) is 4.62. The van der Waals surface area contributed by atoms with E-state index in [2.05, 4.69) is 42.9 Å². The molecule has 2 fully saturated rings. The molecule has 1 N–H and O–H groups in total. The van der Waals surface area contributed by atoms with E-state index >= 15 is 0 Å². The highest BCUT2D eigenvalue weighted by atomic mass is 15.3. The van der Waals surface area contributed by atoms with E-state index in [9.17, 15) is 0 Å². The summed E-state index contributed by atoms with van der Waals surface area (Å²) in [5.41, 5.74) is 0.534. The minimum atomic E-state index is 0.534. The van der Waals surface area contributed by atoms with Gasteiger partial charge in [-0.15, -0.1) is 0 Å². The molecule has 1 aliphatic carbocycles. The van der Waals surface area contributed by atoms with Crippen LogP contribution in [0.4, 0.5) is 0 Å². The second kappa shape index (κ2) is 7.94. The number of rotatable bonds is 6. The Labute approximate surface area is 132 Å². The molecule has 1 aliphatic heterocycles. The highest BCUT2D eigenvalue weighted by molar-refractivity contribution is 4.90. The van der Waals surface area contributed by atoms with Crippen LogP contribution in [0.3, 0.4) is 0 Å². The highest BCUT2D eigenvalue weighted by Crippen LogP contribution is 2.39. The predicted molar refractivity (Wildman–Crippen MR) is 91.7 cm³/mol. The molecule has 21 heavy (non-hydrogen) atoms. The Balaban J connectivity index is 1.84. The van der Waals surface area contributed by atoms with Gasteiger partial charge in [-0.1, -0.05) is 33.6 Å². The fourth-order valence-corrected chi connectivity index (χ4v) is 4.62. The third-order valence-electron chi connectivity index (χ3n) is 5.38. The zero-order chi connectivity index (χ0) is 15.3. The molecule has 2 atom stereocenters. The van der Waals surface area contributed by atoms with E-state index in [1.807, 2.05) is 0 Å². The van der Waals surface area contributed by atoms with Gasteiger partial charge in [0.25, 0.3) is 0 Å². The molecular weight excluding hydrogens is 258 g/mol. The number of hydrogen-bond acceptors (Lipinski definition) is 3. The summed E-state index contributed by atoms with van der Waals surface area (Å²) in [6.07, 6.45) is 5.70. The van der Waals surface area contributed by atoms with Crippen molar-refractivity contribution in [2.75, 3.05) is 52.9 Å². The van der Waals surface area contributed by atoms with Crippen LogP contribution in [0, 0.1) is 17.3 Å². The first-order chi connectivity index (χ1) is 10.0. The van der Waals surface area contributed by atoms with Gasteiger partial charge >= 0.3 is 0 Å². The van der Waals surface area contributed by atoms with E-state index in [1.54, 1.807) is 0 Å². The van der Waals surface area contributed by atoms with Gasteiger partial charge < -0.3 is 15.1 Å². The van der Waals surface area contributed by atoms with Crippen LogP contribution < -0.4 is 5.32 Å². The van der Waals surface area contributed by atoms with E-state index in [-0.39, 0.29) is 0 Å². The molecule has 3 nitrogen and oxygen atoms in total. The third kappa shape index (κ3) is 5.22. The van der Waals surface area contributed by atoms with Crippen molar-refractivity contribution in [1.29, 1.82) is 0 Å². The summed E-state index contributed by atoms with van der Waals surface area (Å²) in [6.45, 7) is 16.0. The lowest BCUT2D eigenvalue weighted by molar-refractivity contribution is 0.0476. The molecule has 0 amide bonds. The van der Waals surface area contributed by atoms with Crippen molar-refractivity contribution in [2.24, 2.45) is 17.3 Å². The molecule has 0 aromatic rings. The van der Waals surface area contributed by atoms with Gasteiger partial charge in [-0.3, -0.25) is 0 Å². The molecule has 0 aromatic heterocycles. The lowest BCUT2D eigenvalue weighted by Gasteiger charge is -2.45. The molecule has 2 aliphatic rings. The predicted octanol–water partition coefficient (Wildman–Crippen LogP) is 2.68. The molecule has 0 radical (unpaired) electrons. The zero-order valence-electron chi connectivity index (χ0n) is 14.8. The number of nitrogens with zero attached hydrogens (tertiary/aromatic N) is 2. The van der Waals surface area contributed by atoms with Crippen molar-refractivity contribution in [1.82, 2.24) is 15.1 Å². The molecule has 2 unspecified atom stereocenters. The summed E-state index contributed by atoms with van der Waals surface area (Å²) >= 11 is 0. The Morgan fingerprint density at radius 3 is 2.38 bits per heavy atom. The Morgan fingerprint density at radius 1 is 1.14 bits per heavy atom. The Kier molecular flexibility index (Phi) is 6.51. The van der Waals surface area contributed by atoms with E-state index < -0.39 is 0 Å². The minimum Gasteiger partial charge on any atom is -0.319 e. The monoisotopic (exact) mass is 295 g/mol. The highest BCUT2D eigenvalue weighted by Gasteiger charge is 2.36. The molecule has 0 aromatic carbocycles. The van der Waals surface area contributed by atoms with Crippen LogP contribution >= 0.6 is 0 Å². The Morgan fingerprint density at radius 2 is 1.81 bits per heavy atom. The number of piperazine rings is 1. The summed E-state index contributed by atoms with van der Waals surface area (Å²) < 4.78 is 0. The topological polar surface area (TPSA) is 18.5 Å². The molecule has 1 saturated carbocycles. The molecule has 1 saturated heterocycles.